The van der Waals surface area contributed by atoms with Gasteiger partial charge in [0, 0.05) is 6.04 Å². The second-order valence-corrected chi connectivity index (χ2v) is 6.56. The quantitative estimate of drug-likeness (QED) is 0.851. The molecular weight excluding hydrogens is 226 g/mol. The van der Waals surface area contributed by atoms with Gasteiger partial charge in [0.05, 0.1) is 4.34 Å². The molecule has 0 radical (unpaired) electrons. The molecule has 1 aliphatic rings. The van der Waals surface area contributed by atoms with E-state index < -0.39 is 0 Å². The van der Waals surface area contributed by atoms with Gasteiger partial charge in [0.15, 0.2) is 0 Å². The van der Waals surface area contributed by atoms with Crippen molar-refractivity contribution in [3.05, 3.63) is 21.3 Å². The van der Waals surface area contributed by atoms with Crippen molar-refractivity contribution in [3.8, 4) is 0 Å². The third kappa shape index (κ3) is 2.38. The molecule has 1 aromatic heterocycles. The number of hydrogen-bond donors (Lipinski definition) is 1. The summed E-state index contributed by atoms with van der Waals surface area (Å²) >= 11 is 7.62. The predicted molar refractivity (Wildman–Crippen MR) is 67.9 cm³/mol. The van der Waals surface area contributed by atoms with Crippen LogP contribution in [0.5, 0.6) is 0 Å². The summed E-state index contributed by atoms with van der Waals surface area (Å²) in [5.74, 6) is 0.783. The fraction of sp³-hybridized carbons (Fsp3) is 0.667. The SMILES string of the molecule is CC(C)NCC1CC1(C)c1csc(Cl)c1. The molecule has 3 heteroatoms. The molecule has 1 aromatic rings. The van der Waals surface area contributed by atoms with Crippen LogP contribution in [0.2, 0.25) is 4.34 Å². The largest absolute Gasteiger partial charge is 0.314 e. The molecule has 84 valence electrons. The highest BCUT2D eigenvalue weighted by Gasteiger charge is 2.50. The number of nitrogens with one attached hydrogen (secondary N) is 1. The first-order valence-electron chi connectivity index (χ1n) is 5.50. The van der Waals surface area contributed by atoms with Crippen molar-refractivity contribution >= 4 is 22.9 Å². The second kappa shape index (κ2) is 4.08. The lowest BCUT2D eigenvalue weighted by molar-refractivity contribution is 0.528. The summed E-state index contributed by atoms with van der Waals surface area (Å²) in [4.78, 5) is 0. The lowest BCUT2D eigenvalue weighted by atomic mass is 9.99. The zero-order valence-electron chi connectivity index (χ0n) is 9.51. The van der Waals surface area contributed by atoms with Crippen molar-refractivity contribution in [2.45, 2.75) is 38.6 Å². The summed E-state index contributed by atoms with van der Waals surface area (Å²) in [5, 5.41) is 5.72. The molecule has 1 fully saturated rings. The van der Waals surface area contributed by atoms with Crippen LogP contribution >= 0.6 is 22.9 Å². The van der Waals surface area contributed by atoms with E-state index in [-0.39, 0.29) is 0 Å². The number of rotatable bonds is 4. The molecule has 2 atom stereocenters. The number of halogens is 1. The standard InChI is InChI=1S/C12H18ClNS/c1-8(2)14-6-10-5-12(10,3)9-4-11(13)15-7-9/h4,7-8,10,14H,5-6H2,1-3H3. The average Bonchev–Trinajstić information content (AvgIpc) is 2.60. The van der Waals surface area contributed by atoms with Crippen molar-refractivity contribution in [1.29, 1.82) is 0 Å². The molecule has 1 aliphatic carbocycles. The van der Waals surface area contributed by atoms with E-state index >= 15 is 0 Å². The number of hydrogen-bond acceptors (Lipinski definition) is 2. The van der Waals surface area contributed by atoms with Crippen molar-refractivity contribution in [2.75, 3.05) is 6.54 Å². The van der Waals surface area contributed by atoms with E-state index in [0.29, 0.717) is 11.5 Å². The topological polar surface area (TPSA) is 12.0 Å². The van der Waals surface area contributed by atoms with E-state index in [1.807, 2.05) is 0 Å². The van der Waals surface area contributed by atoms with Crippen LogP contribution in [0.4, 0.5) is 0 Å². The van der Waals surface area contributed by atoms with Gasteiger partial charge in [-0.1, -0.05) is 32.4 Å². The minimum Gasteiger partial charge on any atom is -0.314 e. The molecule has 2 unspecified atom stereocenters. The fourth-order valence-corrected chi connectivity index (χ4v) is 3.11. The van der Waals surface area contributed by atoms with Gasteiger partial charge in [0.1, 0.15) is 0 Å². The fourth-order valence-electron chi connectivity index (χ4n) is 2.09. The Labute approximate surface area is 101 Å². The first-order valence-corrected chi connectivity index (χ1v) is 6.76. The monoisotopic (exact) mass is 243 g/mol. The van der Waals surface area contributed by atoms with Crippen LogP contribution in [-0.4, -0.2) is 12.6 Å². The highest BCUT2D eigenvalue weighted by atomic mass is 35.5. The summed E-state index contributed by atoms with van der Waals surface area (Å²) in [6.07, 6.45) is 1.29. The zero-order valence-corrected chi connectivity index (χ0v) is 11.1. The van der Waals surface area contributed by atoms with Crippen LogP contribution in [0.15, 0.2) is 11.4 Å². The summed E-state index contributed by atoms with van der Waals surface area (Å²) < 4.78 is 0.911. The van der Waals surface area contributed by atoms with Gasteiger partial charge in [-0.3, -0.25) is 0 Å². The lowest BCUT2D eigenvalue weighted by Gasteiger charge is -2.11. The van der Waals surface area contributed by atoms with Crippen LogP contribution in [0.3, 0.4) is 0 Å². The Bertz CT molecular complexity index is 347. The van der Waals surface area contributed by atoms with Gasteiger partial charge in [-0.25, -0.2) is 0 Å². The van der Waals surface area contributed by atoms with E-state index in [0.717, 1.165) is 16.8 Å². The molecule has 2 rings (SSSR count). The third-order valence-electron chi connectivity index (χ3n) is 3.41. The van der Waals surface area contributed by atoms with Crippen LogP contribution in [0.25, 0.3) is 0 Å². The lowest BCUT2D eigenvalue weighted by Crippen LogP contribution is -2.26. The van der Waals surface area contributed by atoms with Crippen molar-refractivity contribution in [1.82, 2.24) is 5.32 Å². The molecule has 0 amide bonds. The maximum absolute atomic E-state index is 5.97. The van der Waals surface area contributed by atoms with Gasteiger partial charge in [-0.15, -0.1) is 11.3 Å². The Morgan fingerprint density at radius 3 is 2.93 bits per heavy atom. The molecule has 1 N–H and O–H groups in total. The van der Waals surface area contributed by atoms with Crippen LogP contribution in [0, 0.1) is 5.92 Å². The van der Waals surface area contributed by atoms with Gasteiger partial charge in [-0.05, 0) is 41.3 Å². The Morgan fingerprint density at radius 1 is 1.67 bits per heavy atom. The van der Waals surface area contributed by atoms with Gasteiger partial charge >= 0.3 is 0 Å². The van der Waals surface area contributed by atoms with Gasteiger partial charge in [-0.2, -0.15) is 0 Å². The molecule has 1 saturated carbocycles. The van der Waals surface area contributed by atoms with Gasteiger partial charge in [0.2, 0.25) is 0 Å². The van der Waals surface area contributed by atoms with E-state index in [1.54, 1.807) is 11.3 Å². The van der Waals surface area contributed by atoms with Crippen LogP contribution in [0.1, 0.15) is 32.8 Å². The van der Waals surface area contributed by atoms with E-state index in [2.05, 4.69) is 37.5 Å². The zero-order chi connectivity index (χ0) is 11.1. The maximum Gasteiger partial charge on any atom is 0.0931 e. The Balaban J connectivity index is 1.95. The van der Waals surface area contributed by atoms with E-state index in [1.165, 1.54) is 12.0 Å². The van der Waals surface area contributed by atoms with Crippen molar-refractivity contribution in [2.24, 2.45) is 5.92 Å². The van der Waals surface area contributed by atoms with Gasteiger partial charge < -0.3 is 5.32 Å². The number of thiophene rings is 1. The summed E-state index contributed by atoms with van der Waals surface area (Å²) in [7, 11) is 0. The molecule has 0 aliphatic heterocycles. The smallest absolute Gasteiger partial charge is 0.0931 e. The molecule has 1 nitrogen and oxygen atoms in total. The summed E-state index contributed by atoms with van der Waals surface area (Å²) in [6.45, 7) is 7.86. The maximum atomic E-state index is 5.97. The summed E-state index contributed by atoms with van der Waals surface area (Å²) in [6, 6.07) is 2.71. The minimum atomic E-state index is 0.380. The first kappa shape index (κ1) is 11.4. The van der Waals surface area contributed by atoms with E-state index in [9.17, 15) is 0 Å². The Kier molecular flexibility index (Phi) is 3.11. The Hall–Kier alpha value is -0.0500. The molecule has 0 saturated heterocycles. The van der Waals surface area contributed by atoms with Crippen LogP contribution in [-0.2, 0) is 5.41 Å². The molecule has 0 spiro atoms. The highest BCUT2D eigenvalue weighted by Crippen LogP contribution is 2.54. The van der Waals surface area contributed by atoms with Crippen molar-refractivity contribution in [3.63, 3.8) is 0 Å². The molecular formula is C12H18ClNS. The Morgan fingerprint density at radius 2 is 2.40 bits per heavy atom. The summed E-state index contributed by atoms with van der Waals surface area (Å²) in [5.41, 5.74) is 1.80. The molecule has 0 aromatic carbocycles. The average molecular weight is 244 g/mol. The van der Waals surface area contributed by atoms with E-state index in [4.69, 9.17) is 11.6 Å². The highest BCUT2D eigenvalue weighted by molar-refractivity contribution is 7.14. The molecule has 1 heterocycles. The molecule has 15 heavy (non-hydrogen) atoms. The molecule has 0 bridgehead atoms. The second-order valence-electron chi connectivity index (χ2n) is 5.02. The minimum absolute atomic E-state index is 0.380. The normalized spacial score (nSPS) is 29.8. The van der Waals surface area contributed by atoms with Gasteiger partial charge in [0.25, 0.3) is 0 Å². The van der Waals surface area contributed by atoms with Crippen molar-refractivity contribution < 1.29 is 0 Å². The third-order valence-corrected chi connectivity index (χ3v) is 4.50. The van der Waals surface area contributed by atoms with Crippen LogP contribution < -0.4 is 5.32 Å². The predicted octanol–water partition coefficient (Wildman–Crippen LogP) is 3.68. The first-order chi connectivity index (χ1) is 7.02.